The minimum absolute atomic E-state index is 0.0625. The van der Waals surface area contributed by atoms with Crippen LogP contribution in [0, 0.1) is 17.6 Å². The van der Waals surface area contributed by atoms with E-state index in [1.165, 1.54) is 10.6 Å². The Labute approximate surface area is 172 Å². The molecule has 2 rings (SSSR count). The van der Waals surface area contributed by atoms with Gasteiger partial charge in [-0.25, -0.2) is 13.6 Å². The van der Waals surface area contributed by atoms with Crippen LogP contribution in [0.4, 0.5) is 20.3 Å². The van der Waals surface area contributed by atoms with E-state index >= 15 is 0 Å². The Hall–Kier alpha value is -3.23. The fourth-order valence-corrected chi connectivity index (χ4v) is 2.95. The molecule has 0 atom stereocenters. The first-order valence-electron chi connectivity index (χ1n) is 9.73. The zero-order valence-electron chi connectivity index (χ0n) is 17.2. The van der Waals surface area contributed by atoms with Crippen molar-refractivity contribution in [1.82, 2.24) is 9.55 Å². The lowest BCUT2D eigenvalue weighted by Crippen LogP contribution is -2.41. The summed E-state index contributed by atoms with van der Waals surface area (Å²) in [6.45, 7) is 6.05. The first kappa shape index (κ1) is 23.1. The Balaban J connectivity index is 2.52. The van der Waals surface area contributed by atoms with Crippen LogP contribution < -0.4 is 21.9 Å². The van der Waals surface area contributed by atoms with Crippen LogP contribution in [-0.4, -0.2) is 22.0 Å². The lowest BCUT2D eigenvalue weighted by molar-refractivity contribution is -0.114. The molecule has 0 aliphatic heterocycles. The van der Waals surface area contributed by atoms with E-state index in [-0.39, 0.29) is 36.1 Å². The summed E-state index contributed by atoms with van der Waals surface area (Å²) in [6.07, 6.45) is 3.27. The molecule has 1 aromatic heterocycles. The molecule has 0 unspecified atom stereocenters. The van der Waals surface area contributed by atoms with Crippen molar-refractivity contribution in [3.63, 3.8) is 0 Å². The van der Waals surface area contributed by atoms with Crippen LogP contribution in [0.3, 0.4) is 0 Å². The fraction of sp³-hybridized carbons (Fsp3) is 0.381. The number of nitrogens with one attached hydrogen (secondary N) is 1. The van der Waals surface area contributed by atoms with Gasteiger partial charge >= 0.3 is 5.69 Å². The molecule has 0 saturated carbocycles. The Morgan fingerprint density at radius 1 is 1.27 bits per heavy atom. The van der Waals surface area contributed by atoms with Crippen LogP contribution >= 0.6 is 0 Å². The molecular formula is C21H26F2N4O3. The van der Waals surface area contributed by atoms with E-state index in [0.717, 1.165) is 35.6 Å². The summed E-state index contributed by atoms with van der Waals surface area (Å²) < 4.78 is 28.9. The van der Waals surface area contributed by atoms with Crippen molar-refractivity contribution < 1.29 is 13.6 Å². The van der Waals surface area contributed by atoms with Gasteiger partial charge in [0.25, 0.3) is 11.5 Å². The topological polar surface area (TPSA) is 101 Å². The van der Waals surface area contributed by atoms with Gasteiger partial charge in [0.2, 0.25) is 0 Å². The number of unbranched alkanes of at least 4 members (excludes halogenated alkanes) is 1. The zero-order chi connectivity index (χ0) is 22.4. The molecule has 1 aromatic carbocycles. The van der Waals surface area contributed by atoms with Gasteiger partial charge in [0, 0.05) is 24.7 Å². The SMILES string of the molecule is CCCCN(C(=O)C=Cc1c(F)cccc1F)c1c(N)n(CC(C)C)c(=O)[nH]c1=O. The largest absolute Gasteiger partial charge is 0.383 e. The third-order valence-corrected chi connectivity index (χ3v) is 4.43. The molecule has 0 saturated heterocycles. The highest BCUT2D eigenvalue weighted by atomic mass is 19.1. The number of hydrogen-bond donors (Lipinski definition) is 2. The summed E-state index contributed by atoms with van der Waals surface area (Å²) in [6, 6.07) is 3.37. The van der Waals surface area contributed by atoms with Gasteiger partial charge in [0.15, 0.2) is 5.69 Å². The van der Waals surface area contributed by atoms with Gasteiger partial charge in [-0.15, -0.1) is 0 Å². The van der Waals surface area contributed by atoms with Gasteiger partial charge in [-0.1, -0.05) is 33.3 Å². The molecule has 3 N–H and O–H groups in total. The number of nitrogen functional groups attached to an aromatic ring is 1. The normalized spacial score (nSPS) is 11.4. The average Bonchev–Trinajstić information content (AvgIpc) is 2.66. The molecule has 1 heterocycles. The predicted octanol–water partition coefficient (Wildman–Crippen LogP) is 2.90. The van der Waals surface area contributed by atoms with Crippen LogP contribution in [0.25, 0.3) is 6.08 Å². The molecular weight excluding hydrogens is 394 g/mol. The molecule has 0 aliphatic rings. The van der Waals surface area contributed by atoms with Crippen LogP contribution in [0.5, 0.6) is 0 Å². The number of carbonyl (C=O) groups is 1. The Bertz CT molecular complexity index is 1040. The number of rotatable bonds is 8. The molecule has 0 aliphatic carbocycles. The summed E-state index contributed by atoms with van der Waals surface area (Å²) in [5.74, 6) is -2.39. The lowest BCUT2D eigenvalue weighted by atomic mass is 10.1. The maximum Gasteiger partial charge on any atom is 0.330 e. The Kier molecular flexibility index (Phi) is 7.68. The van der Waals surface area contributed by atoms with E-state index in [1.807, 2.05) is 20.8 Å². The van der Waals surface area contributed by atoms with Crippen LogP contribution in [0.1, 0.15) is 39.2 Å². The van der Waals surface area contributed by atoms with Crippen LogP contribution in [0.15, 0.2) is 33.9 Å². The molecule has 2 aromatic rings. The van der Waals surface area contributed by atoms with Crippen molar-refractivity contribution in [2.75, 3.05) is 17.2 Å². The standard InChI is InChI=1S/C21H26F2N4O3/c1-4-5-11-26(17(28)10-9-14-15(22)7-6-8-16(14)23)18-19(24)27(12-13(2)3)21(30)25-20(18)29/h6-10,13H,4-5,11-12,24H2,1-3H3,(H,25,29,30). The second-order valence-electron chi connectivity index (χ2n) is 7.31. The van der Waals surface area contributed by atoms with E-state index in [9.17, 15) is 23.2 Å². The lowest BCUT2D eigenvalue weighted by Gasteiger charge is -2.23. The summed E-state index contributed by atoms with van der Waals surface area (Å²) in [7, 11) is 0. The van der Waals surface area contributed by atoms with E-state index in [2.05, 4.69) is 4.98 Å². The molecule has 9 heteroatoms. The van der Waals surface area contributed by atoms with Gasteiger partial charge < -0.3 is 10.6 Å². The number of aromatic amines is 1. The predicted molar refractivity (Wildman–Crippen MR) is 113 cm³/mol. The average molecular weight is 420 g/mol. The quantitative estimate of drug-likeness (QED) is 0.641. The third kappa shape index (κ3) is 5.22. The van der Waals surface area contributed by atoms with Crippen molar-refractivity contribution in [2.45, 2.75) is 40.2 Å². The summed E-state index contributed by atoms with van der Waals surface area (Å²) in [5, 5.41) is 0. The number of amides is 1. The number of hydrogen-bond acceptors (Lipinski definition) is 4. The smallest absolute Gasteiger partial charge is 0.330 e. The monoisotopic (exact) mass is 420 g/mol. The van der Waals surface area contributed by atoms with E-state index in [0.29, 0.717) is 6.42 Å². The minimum atomic E-state index is -0.818. The van der Waals surface area contributed by atoms with Gasteiger partial charge in [-0.2, -0.15) is 0 Å². The van der Waals surface area contributed by atoms with Gasteiger partial charge in [0.1, 0.15) is 17.5 Å². The van der Waals surface area contributed by atoms with Gasteiger partial charge in [-0.05, 0) is 30.5 Å². The second kappa shape index (κ2) is 10.00. The molecule has 0 radical (unpaired) electrons. The second-order valence-corrected chi connectivity index (χ2v) is 7.31. The summed E-state index contributed by atoms with van der Waals surface area (Å²) in [4.78, 5) is 40.9. The number of anilines is 2. The van der Waals surface area contributed by atoms with Crippen LogP contribution in [-0.2, 0) is 11.3 Å². The highest BCUT2D eigenvalue weighted by molar-refractivity contribution is 6.05. The molecule has 0 fully saturated rings. The molecule has 162 valence electrons. The Morgan fingerprint density at radius 3 is 2.47 bits per heavy atom. The number of carbonyl (C=O) groups excluding carboxylic acids is 1. The number of H-pyrrole nitrogens is 1. The molecule has 7 nitrogen and oxygen atoms in total. The van der Waals surface area contributed by atoms with Crippen molar-refractivity contribution in [3.05, 3.63) is 62.3 Å². The minimum Gasteiger partial charge on any atom is -0.383 e. The van der Waals surface area contributed by atoms with Gasteiger partial charge in [0.05, 0.1) is 0 Å². The van der Waals surface area contributed by atoms with Crippen molar-refractivity contribution in [3.8, 4) is 0 Å². The third-order valence-electron chi connectivity index (χ3n) is 4.43. The maximum atomic E-state index is 13.8. The highest BCUT2D eigenvalue weighted by Crippen LogP contribution is 2.20. The molecule has 1 amide bonds. The number of nitrogens with two attached hydrogens (primary N) is 1. The Morgan fingerprint density at radius 2 is 1.90 bits per heavy atom. The van der Waals surface area contributed by atoms with Crippen molar-refractivity contribution >= 4 is 23.5 Å². The first-order chi connectivity index (χ1) is 14.2. The number of halogens is 2. The fourth-order valence-electron chi connectivity index (χ4n) is 2.95. The molecule has 0 spiro atoms. The number of aromatic nitrogens is 2. The zero-order valence-corrected chi connectivity index (χ0v) is 17.2. The van der Waals surface area contributed by atoms with Crippen molar-refractivity contribution in [2.24, 2.45) is 5.92 Å². The van der Waals surface area contributed by atoms with Gasteiger partial charge in [-0.3, -0.25) is 19.1 Å². The summed E-state index contributed by atoms with van der Waals surface area (Å²) >= 11 is 0. The number of nitrogens with zero attached hydrogens (tertiary/aromatic N) is 2. The van der Waals surface area contributed by atoms with E-state index < -0.39 is 28.8 Å². The molecule has 0 bridgehead atoms. The number of benzene rings is 1. The van der Waals surface area contributed by atoms with Crippen LogP contribution in [0.2, 0.25) is 0 Å². The van der Waals surface area contributed by atoms with Crippen molar-refractivity contribution in [1.29, 1.82) is 0 Å². The van der Waals surface area contributed by atoms with E-state index in [1.54, 1.807) is 0 Å². The first-order valence-corrected chi connectivity index (χ1v) is 9.73. The van der Waals surface area contributed by atoms with E-state index in [4.69, 9.17) is 5.73 Å². The summed E-state index contributed by atoms with van der Waals surface area (Å²) in [5.41, 5.74) is 4.11. The molecule has 30 heavy (non-hydrogen) atoms. The maximum absolute atomic E-state index is 13.8. The highest BCUT2D eigenvalue weighted by Gasteiger charge is 2.23.